The Kier molecular flexibility index (Phi) is 9.77. The van der Waals surface area contributed by atoms with Crippen LogP contribution in [-0.4, -0.2) is 80.2 Å². The van der Waals surface area contributed by atoms with Gasteiger partial charge in [0.25, 0.3) is 0 Å². The smallest absolute Gasteiger partial charge is 0.326 e. The topological polar surface area (TPSA) is 111 Å². The molecule has 1 atom stereocenters. The number of nitrogens with zero attached hydrogens (tertiary/aromatic N) is 1. The molecule has 0 saturated carbocycles. The van der Waals surface area contributed by atoms with Gasteiger partial charge in [-0.15, -0.1) is 0 Å². The van der Waals surface area contributed by atoms with Crippen LogP contribution in [0.25, 0.3) is 0 Å². The van der Waals surface area contributed by atoms with Gasteiger partial charge in [-0.25, -0.2) is 9.59 Å². The Hall–Kier alpha value is -1.38. The summed E-state index contributed by atoms with van der Waals surface area (Å²) in [6.07, 6.45) is -0.0174. The molecule has 0 spiro atoms. The van der Waals surface area contributed by atoms with Crippen LogP contribution in [-0.2, 0) is 9.53 Å². The van der Waals surface area contributed by atoms with Gasteiger partial charge < -0.3 is 30.5 Å². The standard InChI is InChI=1S/C11H23N3O5/c1-14(6-8-19-2)5-4-12-11(18)13-9(3-7-15)10(16)17/h9,15H,3-8H2,1-2H3,(H,16,17)(H2,12,13,18)/t9-/m0/s1. The number of carboxylic acids is 1. The highest BCUT2D eigenvalue weighted by atomic mass is 16.5. The predicted octanol–water partition coefficient (Wildman–Crippen LogP) is -1.30. The van der Waals surface area contributed by atoms with Crippen LogP contribution in [0.1, 0.15) is 6.42 Å². The van der Waals surface area contributed by atoms with E-state index in [1.165, 1.54) is 0 Å². The third kappa shape index (κ3) is 9.23. The number of ether oxygens (including phenoxy) is 1. The highest BCUT2D eigenvalue weighted by molar-refractivity contribution is 5.82. The molecule has 0 aromatic carbocycles. The van der Waals surface area contributed by atoms with E-state index in [2.05, 4.69) is 10.6 Å². The van der Waals surface area contributed by atoms with E-state index >= 15 is 0 Å². The molecule has 112 valence electrons. The number of aliphatic hydroxyl groups is 1. The van der Waals surface area contributed by atoms with Gasteiger partial charge in [0.15, 0.2) is 0 Å². The number of nitrogens with one attached hydrogen (secondary N) is 2. The summed E-state index contributed by atoms with van der Waals surface area (Å²) in [6.45, 7) is 2.10. The highest BCUT2D eigenvalue weighted by Gasteiger charge is 2.18. The van der Waals surface area contributed by atoms with Crippen molar-refractivity contribution < 1.29 is 24.5 Å². The average molecular weight is 277 g/mol. The number of rotatable bonds is 10. The summed E-state index contributed by atoms with van der Waals surface area (Å²) in [5.74, 6) is -1.17. The number of urea groups is 1. The zero-order valence-corrected chi connectivity index (χ0v) is 11.4. The fourth-order valence-electron chi connectivity index (χ4n) is 1.31. The largest absolute Gasteiger partial charge is 0.480 e. The van der Waals surface area contributed by atoms with Crippen LogP contribution < -0.4 is 10.6 Å². The zero-order chi connectivity index (χ0) is 14.7. The predicted molar refractivity (Wildman–Crippen MR) is 69.0 cm³/mol. The van der Waals surface area contributed by atoms with Gasteiger partial charge in [0.05, 0.1) is 6.61 Å². The number of aliphatic hydroxyl groups excluding tert-OH is 1. The van der Waals surface area contributed by atoms with Gasteiger partial charge in [-0.1, -0.05) is 0 Å². The Balaban J connectivity index is 3.82. The molecule has 4 N–H and O–H groups in total. The molecule has 8 heteroatoms. The molecule has 0 unspecified atom stereocenters. The molecule has 0 aromatic heterocycles. The SMILES string of the molecule is COCCN(C)CCNC(=O)N[C@@H](CCO)C(=O)O. The molecule has 0 radical (unpaired) electrons. The molecule has 0 aliphatic heterocycles. The molecule has 0 fully saturated rings. The number of carboxylic acid groups (broad SMARTS) is 1. The second kappa shape index (κ2) is 10.5. The van der Waals surface area contributed by atoms with Crippen LogP contribution in [0.5, 0.6) is 0 Å². The van der Waals surface area contributed by atoms with Gasteiger partial charge in [0, 0.05) is 39.8 Å². The molecular formula is C11H23N3O5. The van der Waals surface area contributed by atoms with Crippen molar-refractivity contribution in [2.24, 2.45) is 0 Å². The van der Waals surface area contributed by atoms with Crippen molar-refractivity contribution >= 4 is 12.0 Å². The van der Waals surface area contributed by atoms with Crippen LogP contribution in [0.2, 0.25) is 0 Å². The van der Waals surface area contributed by atoms with Crippen molar-refractivity contribution in [1.29, 1.82) is 0 Å². The Labute approximate surface area is 112 Å². The molecule has 0 rings (SSSR count). The Bertz CT molecular complexity index is 275. The first-order valence-electron chi connectivity index (χ1n) is 6.06. The second-order valence-electron chi connectivity index (χ2n) is 4.10. The van der Waals surface area contributed by atoms with Crippen molar-refractivity contribution in [2.75, 3.05) is 47.0 Å². The molecule has 8 nitrogen and oxygen atoms in total. The Morgan fingerprint density at radius 3 is 2.58 bits per heavy atom. The van der Waals surface area contributed by atoms with Crippen LogP contribution in [0.4, 0.5) is 4.79 Å². The maximum atomic E-state index is 11.4. The van der Waals surface area contributed by atoms with Gasteiger partial charge in [-0.3, -0.25) is 0 Å². The number of methoxy groups -OCH3 is 1. The number of hydrogen-bond donors (Lipinski definition) is 4. The first-order chi connectivity index (χ1) is 9.01. The lowest BCUT2D eigenvalue weighted by Gasteiger charge is -2.17. The number of carbonyl (C=O) groups is 2. The zero-order valence-electron chi connectivity index (χ0n) is 11.4. The summed E-state index contributed by atoms with van der Waals surface area (Å²) < 4.78 is 4.92. The van der Waals surface area contributed by atoms with Crippen LogP contribution in [0.3, 0.4) is 0 Å². The van der Waals surface area contributed by atoms with Gasteiger partial charge in [0.2, 0.25) is 0 Å². The van der Waals surface area contributed by atoms with Crippen molar-refractivity contribution in [1.82, 2.24) is 15.5 Å². The van der Waals surface area contributed by atoms with E-state index in [9.17, 15) is 9.59 Å². The van der Waals surface area contributed by atoms with E-state index in [1.807, 2.05) is 11.9 Å². The first-order valence-corrected chi connectivity index (χ1v) is 6.06. The van der Waals surface area contributed by atoms with Crippen molar-refractivity contribution in [2.45, 2.75) is 12.5 Å². The second-order valence-corrected chi connectivity index (χ2v) is 4.10. The lowest BCUT2D eigenvalue weighted by molar-refractivity contribution is -0.139. The monoisotopic (exact) mass is 277 g/mol. The molecule has 0 saturated heterocycles. The summed E-state index contributed by atoms with van der Waals surface area (Å²) in [4.78, 5) is 24.1. The van der Waals surface area contributed by atoms with Crippen molar-refractivity contribution in [3.8, 4) is 0 Å². The lowest BCUT2D eigenvalue weighted by atomic mass is 10.2. The lowest BCUT2D eigenvalue weighted by Crippen LogP contribution is -2.47. The molecule has 2 amide bonds. The molecule has 0 aliphatic rings. The Morgan fingerprint density at radius 2 is 2.05 bits per heavy atom. The van der Waals surface area contributed by atoms with Gasteiger partial charge >= 0.3 is 12.0 Å². The first kappa shape index (κ1) is 17.6. The molecule has 0 aliphatic carbocycles. The van der Waals surface area contributed by atoms with E-state index in [1.54, 1.807) is 7.11 Å². The third-order valence-corrected chi connectivity index (χ3v) is 2.48. The number of hydrogen-bond acceptors (Lipinski definition) is 5. The minimum Gasteiger partial charge on any atom is -0.480 e. The summed E-state index contributed by atoms with van der Waals surface area (Å²) >= 11 is 0. The molecule has 0 aromatic rings. The number of amides is 2. The number of likely N-dealkylation sites (N-methyl/N-ethyl adjacent to an activating group) is 1. The van der Waals surface area contributed by atoms with E-state index in [4.69, 9.17) is 14.9 Å². The maximum Gasteiger partial charge on any atom is 0.326 e. The molecule has 0 bridgehead atoms. The average Bonchev–Trinajstić information content (AvgIpc) is 2.35. The third-order valence-electron chi connectivity index (χ3n) is 2.48. The number of aliphatic carboxylic acids is 1. The van der Waals surface area contributed by atoms with E-state index < -0.39 is 18.0 Å². The summed E-state index contributed by atoms with van der Waals surface area (Å²) in [7, 11) is 3.51. The fourth-order valence-corrected chi connectivity index (χ4v) is 1.31. The molecule has 0 heterocycles. The summed E-state index contributed by atoms with van der Waals surface area (Å²) in [5, 5.41) is 22.3. The maximum absolute atomic E-state index is 11.4. The van der Waals surface area contributed by atoms with E-state index in [0.29, 0.717) is 19.7 Å². The quantitative estimate of drug-likeness (QED) is 0.395. The molecular weight excluding hydrogens is 254 g/mol. The van der Waals surface area contributed by atoms with E-state index in [0.717, 1.165) is 6.54 Å². The van der Waals surface area contributed by atoms with Crippen molar-refractivity contribution in [3.05, 3.63) is 0 Å². The summed E-state index contributed by atoms with van der Waals surface area (Å²) in [6, 6.07) is -1.63. The normalized spacial score (nSPS) is 12.2. The molecule has 19 heavy (non-hydrogen) atoms. The van der Waals surface area contributed by atoms with Gasteiger partial charge in [0.1, 0.15) is 6.04 Å². The van der Waals surface area contributed by atoms with E-state index in [-0.39, 0.29) is 13.0 Å². The number of carbonyl (C=O) groups excluding carboxylic acids is 1. The van der Waals surface area contributed by atoms with Crippen LogP contribution >= 0.6 is 0 Å². The Morgan fingerprint density at radius 1 is 1.37 bits per heavy atom. The minimum atomic E-state index is -1.17. The summed E-state index contributed by atoms with van der Waals surface area (Å²) in [5.41, 5.74) is 0. The van der Waals surface area contributed by atoms with Crippen LogP contribution in [0.15, 0.2) is 0 Å². The van der Waals surface area contributed by atoms with Gasteiger partial charge in [-0.2, -0.15) is 0 Å². The fraction of sp³-hybridized carbons (Fsp3) is 0.818. The van der Waals surface area contributed by atoms with Crippen molar-refractivity contribution in [3.63, 3.8) is 0 Å². The highest BCUT2D eigenvalue weighted by Crippen LogP contribution is 1.91. The van der Waals surface area contributed by atoms with Crippen LogP contribution in [0, 0.1) is 0 Å². The minimum absolute atomic E-state index is 0.0174. The van der Waals surface area contributed by atoms with Gasteiger partial charge in [-0.05, 0) is 7.05 Å².